The average molecular weight is 879 g/mol. The van der Waals surface area contributed by atoms with Crippen molar-refractivity contribution in [1.29, 1.82) is 0 Å². The molecule has 63 heavy (non-hydrogen) atoms. The number of fused-ring (bicyclic) bond motifs is 7. The van der Waals surface area contributed by atoms with Crippen molar-refractivity contribution in [2.45, 2.75) is 166 Å². The Hall–Kier alpha value is -4.54. The van der Waals surface area contributed by atoms with Crippen LogP contribution in [0.5, 0.6) is 11.9 Å². The number of alkyl halides is 1. The molecule has 2 aromatic carbocycles. The molecule has 7 heterocycles. The molecule has 5 aliphatic rings. The van der Waals surface area contributed by atoms with Crippen molar-refractivity contribution in [2.24, 2.45) is 0 Å². The molecule has 2 aromatic heterocycles. The van der Waals surface area contributed by atoms with Gasteiger partial charge in [-0.1, -0.05) is 84.7 Å². The number of ether oxygens (including phenoxy) is 3. The molecule has 1 amide bonds. The standard InChI is InChI=1S/C50H64F2N6O4Si/c1-11-38-44-37-20-19-35(58(37)48(59)62-49(8,9)10)27-57(44)45-40-43(54-47(55-45)60-28-50-22-14-23-56(50)26-34(51)25-50)41(52)42(53-46(40)61-38)36-18-13-17-32-15-12-16-33(39(32)36)21-24-63(29(2)3,30(4)5)31(6)7/h12-13,15-18,29-31,34-35,37-38,44H,11,14,19-20,22-23,25-28H2,1-10H3/t34-,35-,37+,38?,44+,50+/m1/s1. The van der Waals surface area contributed by atoms with E-state index in [0.29, 0.717) is 59.3 Å². The number of carbonyl (C=O) groups excluding carboxylic acids is 1. The third kappa shape index (κ3) is 7.31. The van der Waals surface area contributed by atoms with E-state index in [-0.39, 0.29) is 53.9 Å². The number of rotatable bonds is 8. The second kappa shape index (κ2) is 16.2. The van der Waals surface area contributed by atoms with Gasteiger partial charge in [0.1, 0.15) is 55.0 Å². The van der Waals surface area contributed by atoms with Gasteiger partial charge < -0.3 is 19.1 Å². The van der Waals surface area contributed by atoms with Crippen LogP contribution in [0.15, 0.2) is 36.4 Å². The fraction of sp³-hybridized carbons (Fsp3) is 0.600. The molecular weight excluding hydrogens is 815 g/mol. The number of hydrogen-bond acceptors (Lipinski definition) is 9. The number of hydrogen-bond donors (Lipinski definition) is 0. The fourth-order valence-electron chi connectivity index (χ4n) is 12.3. The summed E-state index contributed by atoms with van der Waals surface area (Å²) < 4.78 is 52.5. The highest BCUT2D eigenvalue weighted by molar-refractivity contribution is 6.90. The van der Waals surface area contributed by atoms with Crippen LogP contribution in [0.1, 0.15) is 113 Å². The maximum atomic E-state index is 18.0. The predicted octanol–water partition coefficient (Wildman–Crippen LogP) is 10.6. The minimum atomic E-state index is -2.12. The van der Waals surface area contributed by atoms with E-state index in [9.17, 15) is 9.18 Å². The zero-order chi connectivity index (χ0) is 44.7. The summed E-state index contributed by atoms with van der Waals surface area (Å²) in [4.78, 5) is 35.3. The molecule has 4 fully saturated rings. The van der Waals surface area contributed by atoms with Crippen LogP contribution in [-0.4, -0.2) is 107 Å². The zero-order valence-corrected chi connectivity index (χ0v) is 39.7. The van der Waals surface area contributed by atoms with Gasteiger partial charge in [-0.05, 0) is 87.5 Å². The third-order valence-corrected chi connectivity index (χ3v) is 21.3. The van der Waals surface area contributed by atoms with Gasteiger partial charge in [0.2, 0.25) is 5.88 Å². The van der Waals surface area contributed by atoms with Crippen LogP contribution in [0.2, 0.25) is 16.6 Å². The largest absolute Gasteiger partial charge is 0.471 e. The average Bonchev–Trinajstić information content (AvgIpc) is 3.83. The van der Waals surface area contributed by atoms with Gasteiger partial charge in [-0.25, -0.2) is 18.6 Å². The van der Waals surface area contributed by atoms with Crippen molar-refractivity contribution in [3.63, 3.8) is 0 Å². The maximum Gasteiger partial charge on any atom is 0.410 e. The number of amides is 1. The lowest BCUT2D eigenvalue weighted by molar-refractivity contribution is -0.000591. The van der Waals surface area contributed by atoms with Crippen molar-refractivity contribution >= 4 is 41.7 Å². The van der Waals surface area contributed by atoms with E-state index in [0.717, 1.165) is 48.6 Å². The molecule has 5 aliphatic heterocycles. The lowest BCUT2D eigenvalue weighted by Gasteiger charge is -2.48. The lowest BCUT2D eigenvalue weighted by atomic mass is 9.95. The Morgan fingerprint density at radius 1 is 1.00 bits per heavy atom. The van der Waals surface area contributed by atoms with Gasteiger partial charge in [0.05, 0.1) is 23.7 Å². The van der Waals surface area contributed by atoms with Crippen LogP contribution < -0.4 is 14.4 Å². The Balaban J connectivity index is 1.23. The number of aromatic nitrogens is 3. The Labute approximate surface area is 372 Å². The zero-order valence-electron chi connectivity index (χ0n) is 38.7. The van der Waals surface area contributed by atoms with Crippen LogP contribution in [0.3, 0.4) is 0 Å². The van der Waals surface area contributed by atoms with E-state index in [1.807, 2.05) is 62.1 Å². The van der Waals surface area contributed by atoms with Gasteiger partial charge >= 0.3 is 12.1 Å². The first-order valence-corrected chi connectivity index (χ1v) is 25.6. The first-order valence-electron chi connectivity index (χ1n) is 23.4. The highest BCUT2D eigenvalue weighted by Crippen LogP contribution is 2.49. The van der Waals surface area contributed by atoms with Crippen molar-refractivity contribution in [3.05, 3.63) is 47.8 Å². The SMILES string of the molecule is CCC1Oc2nc(-c3cccc4cccc(C#C[Si](C(C)C)(C(C)C)C(C)C)c34)c(F)c3nc(OC[C@@]45CCCN4C[C@H](F)C5)nc(c23)N2C[C@H]3CC[C@@H]([C@@H]12)N3C(=O)OC(C)(C)C. The van der Waals surface area contributed by atoms with Crippen LogP contribution in [-0.2, 0) is 4.74 Å². The Morgan fingerprint density at radius 2 is 1.73 bits per heavy atom. The molecule has 0 saturated carbocycles. The normalized spacial score (nSPS) is 25.7. The Morgan fingerprint density at radius 3 is 2.43 bits per heavy atom. The van der Waals surface area contributed by atoms with Gasteiger partial charge in [0, 0.05) is 36.0 Å². The van der Waals surface area contributed by atoms with Crippen LogP contribution in [0, 0.1) is 17.3 Å². The van der Waals surface area contributed by atoms with E-state index in [1.54, 1.807) is 0 Å². The quantitative estimate of drug-likeness (QED) is 0.127. The summed E-state index contributed by atoms with van der Waals surface area (Å²) in [5.41, 5.74) is 5.68. The van der Waals surface area contributed by atoms with Crippen molar-refractivity contribution in [2.75, 3.05) is 31.1 Å². The topological polar surface area (TPSA) is 93.2 Å². The Bertz CT molecular complexity index is 2470. The fourth-order valence-corrected chi connectivity index (χ4v) is 17.6. The van der Waals surface area contributed by atoms with E-state index >= 15 is 4.39 Å². The van der Waals surface area contributed by atoms with Crippen molar-refractivity contribution in [1.82, 2.24) is 24.8 Å². The summed E-state index contributed by atoms with van der Waals surface area (Å²) >= 11 is 0. The minimum Gasteiger partial charge on any atom is -0.471 e. The van der Waals surface area contributed by atoms with Crippen LogP contribution >= 0.6 is 0 Å². The third-order valence-electron chi connectivity index (χ3n) is 15.0. The van der Waals surface area contributed by atoms with Gasteiger partial charge in [0.15, 0.2) is 5.82 Å². The van der Waals surface area contributed by atoms with Gasteiger partial charge in [-0.3, -0.25) is 9.80 Å². The highest BCUT2D eigenvalue weighted by Gasteiger charge is 2.55. The van der Waals surface area contributed by atoms with Crippen LogP contribution in [0.4, 0.5) is 19.4 Å². The van der Waals surface area contributed by atoms with E-state index in [2.05, 4.69) is 69.7 Å². The first-order chi connectivity index (χ1) is 30.0. The number of benzene rings is 2. The number of carbonyl (C=O) groups is 1. The molecule has 4 aromatic rings. The summed E-state index contributed by atoms with van der Waals surface area (Å²) in [5.74, 6) is 3.78. The number of nitrogens with zero attached hydrogens (tertiary/aromatic N) is 6. The summed E-state index contributed by atoms with van der Waals surface area (Å²) in [7, 11) is -2.12. The molecule has 336 valence electrons. The molecule has 4 saturated heterocycles. The highest BCUT2D eigenvalue weighted by atomic mass is 28.3. The number of anilines is 1. The molecule has 0 N–H and O–H groups in total. The van der Waals surface area contributed by atoms with E-state index in [1.165, 1.54) is 0 Å². The number of pyridine rings is 1. The summed E-state index contributed by atoms with van der Waals surface area (Å²) in [6.45, 7) is 23.4. The van der Waals surface area contributed by atoms with Crippen molar-refractivity contribution in [3.8, 4) is 34.6 Å². The molecule has 0 radical (unpaired) electrons. The minimum absolute atomic E-state index is 0.0282. The summed E-state index contributed by atoms with van der Waals surface area (Å²) in [6, 6.07) is 11.2. The molecule has 2 bridgehead atoms. The van der Waals surface area contributed by atoms with E-state index < -0.39 is 37.3 Å². The van der Waals surface area contributed by atoms with Gasteiger partial charge in [-0.2, -0.15) is 9.97 Å². The lowest BCUT2D eigenvalue weighted by Crippen LogP contribution is -2.65. The summed E-state index contributed by atoms with van der Waals surface area (Å²) in [5, 5.41) is 2.12. The van der Waals surface area contributed by atoms with Crippen LogP contribution in [0.25, 0.3) is 32.9 Å². The first kappa shape index (κ1) is 43.7. The molecular formula is C50H64F2N6O4Si. The van der Waals surface area contributed by atoms with Crippen molar-refractivity contribution < 1.29 is 27.8 Å². The molecule has 0 aliphatic carbocycles. The number of piperazine rings is 1. The monoisotopic (exact) mass is 878 g/mol. The smallest absolute Gasteiger partial charge is 0.410 e. The second-order valence-electron chi connectivity index (χ2n) is 20.7. The molecule has 10 nitrogen and oxygen atoms in total. The second-order valence-corrected chi connectivity index (χ2v) is 26.3. The molecule has 1 unspecified atom stereocenters. The molecule has 9 rings (SSSR count). The number of halogens is 2. The molecule has 13 heteroatoms. The maximum absolute atomic E-state index is 18.0. The molecule has 0 spiro atoms. The predicted molar refractivity (Wildman–Crippen MR) is 247 cm³/mol. The van der Waals surface area contributed by atoms with E-state index in [4.69, 9.17) is 29.2 Å². The molecule has 6 atom stereocenters. The van der Waals surface area contributed by atoms with Gasteiger partial charge in [0.25, 0.3) is 0 Å². The Kier molecular flexibility index (Phi) is 11.2. The van der Waals surface area contributed by atoms with Gasteiger partial charge in [-0.15, -0.1) is 5.54 Å². The summed E-state index contributed by atoms with van der Waals surface area (Å²) in [6.07, 6.45) is 2.57.